The first kappa shape index (κ1) is 16.6. The van der Waals surface area contributed by atoms with Crippen LogP contribution in [-0.4, -0.2) is 40.6 Å². The average molecular weight is 319 g/mol. The fourth-order valence-corrected chi connectivity index (χ4v) is 3.27. The predicted octanol–water partition coefficient (Wildman–Crippen LogP) is 1.18. The van der Waals surface area contributed by atoms with Crippen molar-refractivity contribution in [2.45, 2.75) is 11.8 Å². The van der Waals surface area contributed by atoms with Crippen LogP contribution in [0.3, 0.4) is 0 Å². The summed E-state index contributed by atoms with van der Waals surface area (Å²) in [5.41, 5.74) is 0.465. The molecule has 0 fully saturated rings. The number of aryl methyl sites for hydroxylation is 1. The molecule has 112 valence electrons. The third-order valence-electron chi connectivity index (χ3n) is 2.49. The van der Waals surface area contributed by atoms with Crippen LogP contribution >= 0.6 is 11.8 Å². The first-order valence-electron chi connectivity index (χ1n) is 5.63. The van der Waals surface area contributed by atoms with Crippen molar-refractivity contribution in [2.24, 2.45) is 0 Å². The second-order valence-corrected chi connectivity index (χ2v) is 6.45. The standard InChI is InChI=1S/C12H17NO5S2/c1-8-5-9(17-2)10(18-3)6-11(8)20(15,16)13-12(14)7-19-4/h5-6H,7H2,1-4H3,(H,13,14). The molecule has 0 atom stereocenters. The number of amides is 1. The van der Waals surface area contributed by atoms with E-state index in [2.05, 4.69) is 0 Å². The van der Waals surface area contributed by atoms with Gasteiger partial charge in [0.1, 0.15) is 0 Å². The summed E-state index contributed by atoms with van der Waals surface area (Å²) >= 11 is 1.24. The van der Waals surface area contributed by atoms with Gasteiger partial charge in [0.25, 0.3) is 10.0 Å². The molecule has 1 rings (SSSR count). The highest BCUT2D eigenvalue weighted by atomic mass is 32.2. The Morgan fingerprint density at radius 3 is 2.30 bits per heavy atom. The van der Waals surface area contributed by atoms with Crippen LogP contribution in [0.1, 0.15) is 5.56 Å². The lowest BCUT2D eigenvalue weighted by molar-refractivity contribution is -0.116. The van der Waals surface area contributed by atoms with E-state index in [4.69, 9.17) is 9.47 Å². The van der Waals surface area contributed by atoms with Gasteiger partial charge in [0.2, 0.25) is 5.91 Å². The van der Waals surface area contributed by atoms with E-state index in [9.17, 15) is 13.2 Å². The van der Waals surface area contributed by atoms with Crippen molar-refractivity contribution >= 4 is 27.7 Å². The summed E-state index contributed by atoms with van der Waals surface area (Å²) in [7, 11) is -1.04. The number of benzene rings is 1. The van der Waals surface area contributed by atoms with Crippen LogP contribution in [0.25, 0.3) is 0 Å². The molecule has 1 aromatic rings. The molecule has 0 aromatic heterocycles. The van der Waals surface area contributed by atoms with Gasteiger partial charge < -0.3 is 9.47 Å². The normalized spacial score (nSPS) is 11.0. The van der Waals surface area contributed by atoms with Crippen molar-refractivity contribution in [3.8, 4) is 11.5 Å². The largest absolute Gasteiger partial charge is 0.493 e. The molecule has 0 aliphatic heterocycles. The van der Waals surface area contributed by atoms with Crippen molar-refractivity contribution in [3.05, 3.63) is 17.7 Å². The first-order chi connectivity index (χ1) is 9.35. The van der Waals surface area contributed by atoms with Crippen LogP contribution in [0.15, 0.2) is 17.0 Å². The summed E-state index contributed by atoms with van der Waals surface area (Å²) in [4.78, 5) is 11.4. The highest BCUT2D eigenvalue weighted by Crippen LogP contribution is 2.32. The Balaban J connectivity index is 3.21. The lowest BCUT2D eigenvalue weighted by atomic mass is 10.2. The number of carbonyl (C=O) groups is 1. The van der Waals surface area contributed by atoms with Gasteiger partial charge >= 0.3 is 0 Å². The summed E-state index contributed by atoms with van der Waals surface area (Å²) in [6.07, 6.45) is 1.72. The SMILES string of the molecule is COc1cc(C)c(S(=O)(=O)NC(=O)CSC)cc1OC. The van der Waals surface area contributed by atoms with Crippen molar-refractivity contribution in [1.29, 1.82) is 0 Å². The fourth-order valence-electron chi connectivity index (χ4n) is 1.62. The molecule has 20 heavy (non-hydrogen) atoms. The zero-order chi connectivity index (χ0) is 15.3. The van der Waals surface area contributed by atoms with Gasteiger partial charge in [-0.25, -0.2) is 13.1 Å². The van der Waals surface area contributed by atoms with Crippen LogP contribution in [0.5, 0.6) is 11.5 Å². The molecule has 0 heterocycles. The van der Waals surface area contributed by atoms with E-state index in [1.165, 1.54) is 32.0 Å². The van der Waals surface area contributed by atoms with E-state index >= 15 is 0 Å². The average Bonchev–Trinajstić information content (AvgIpc) is 2.37. The van der Waals surface area contributed by atoms with E-state index in [1.54, 1.807) is 19.2 Å². The number of methoxy groups -OCH3 is 2. The minimum absolute atomic E-state index is 0.00963. The topological polar surface area (TPSA) is 81.7 Å². The van der Waals surface area contributed by atoms with Gasteiger partial charge in [0.15, 0.2) is 11.5 Å². The minimum atomic E-state index is -3.92. The lowest BCUT2D eigenvalue weighted by Gasteiger charge is -2.13. The molecule has 0 bridgehead atoms. The fraction of sp³-hybridized carbons (Fsp3) is 0.417. The minimum Gasteiger partial charge on any atom is -0.493 e. The summed E-state index contributed by atoms with van der Waals surface area (Å²) in [5.74, 6) is 0.229. The van der Waals surface area contributed by atoms with E-state index in [0.717, 1.165) is 0 Å². The van der Waals surface area contributed by atoms with Crippen molar-refractivity contribution in [1.82, 2.24) is 4.72 Å². The van der Waals surface area contributed by atoms with E-state index in [1.807, 2.05) is 4.72 Å². The zero-order valence-corrected chi connectivity index (χ0v) is 13.4. The smallest absolute Gasteiger partial charge is 0.264 e. The molecule has 1 aromatic carbocycles. The summed E-state index contributed by atoms with van der Waals surface area (Å²) in [6, 6.07) is 2.88. The van der Waals surface area contributed by atoms with Gasteiger partial charge in [-0.05, 0) is 24.8 Å². The number of hydrogen-bond acceptors (Lipinski definition) is 6. The highest BCUT2D eigenvalue weighted by molar-refractivity contribution is 7.99. The van der Waals surface area contributed by atoms with Crippen LogP contribution in [0.4, 0.5) is 0 Å². The Kier molecular flexibility index (Phi) is 5.70. The number of thioether (sulfide) groups is 1. The van der Waals surface area contributed by atoms with Gasteiger partial charge in [-0.3, -0.25) is 4.79 Å². The highest BCUT2D eigenvalue weighted by Gasteiger charge is 2.22. The molecule has 8 heteroatoms. The van der Waals surface area contributed by atoms with Gasteiger partial charge in [0, 0.05) is 6.07 Å². The Morgan fingerprint density at radius 2 is 1.80 bits per heavy atom. The Morgan fingerprint density at radius 1 is 1.25 bits per heavy atom. The molecule has 0 aliphatic rings. The number of ether oxygens (including phenoxy) is 2. The molecule has 0 aliphatic carbocycles. The quantitative estimate of drug-likeness (QED) is 0.848. The van der Waals surface area contributed by atoms with Crippen LogP contribution < -0.4 is 14.2 Å². The Labute approximate surface area is 122 Å². The number of rotatable bonds is 6. The molecular weight excluding hydrogens is 302 g/mol. The molecule has 0 saturated carbocycles. The molecule has 0 unspecified atom stereocenters. The van der Waals surface area contributed by atoms with Gasteiger partial charge in [-0.2, -0.15) is 11.8 Å². The third-order valence-corrected chi connectivity index (χ3v) is 4.56. The Hall–Kier alpha value is -1.41. The lowest BCUT2D eigenvalue weighted by Crippen LogP contribution is -2.32. The van der Waals surface area contributed by atoms with Gasteiger partial charge in [-0.1, -0.05) is 0 Å². The maximum Gasteiger partial charge on any atom is 0.264 e. The maximum absolute atomic E-state index is 12.2. The van der Waals surface area contributed by atoms with E-state index < -0.39 is 15.9 Å². The summed E-state index contributed by atoms with van der Waals surface area (Å²) in [6.45, 7) is 1.62. The van der Waals surface area contributed by atoms with Crippen LogP contribution in [0.2, 0.25) is 0 Å². The number of hydrogen-bond donors (Lipinski definition) is 1. The van der Waals surface area contributed by atoms with Gasteiger partial charge in [-0.15, -0.1) is 0 Å². The predicted molar refractivity (Wildman–Crippen MR) is 78.0 cm³/mol. The van der Waals surface area contributed by atoms with Crippen LogP contribution in [-0.2, 0) is 14.8 Å². The second kappa shape index (κ2) is 6.85. The Bertz CT molecular complexity index is 598. The monoisotopic (exact) mass is 319 g/mol. The second-order valence-electron chi connectivity index (χ2n) is 3.93. The van der Waals surface area contributed by atoms with E-state index in [0.29, 0.717) is 11.3 Å². The molecule has 1 N–H and O–H groups in total. The summed E-state index contributed by atoms with van der Waals surface area (Å²) < 4.78 is 36.5. The van der Waals surface area contributed by atoms with Crippen molar-refractivity contribution < 1.29 is 22.7 Å². The summed E-state index contributed by atoms with van der Waals surface area (Å²) in [5, 5.41) is 0. The van der Waals surface area contributed by atoms with Crippen molar-refractivity contribution in [3.63, 3.8) is 0 Å². The molecule has 0 saturated heterocycles. The molecular formula is C12H17NO5S2. The maximum atomic E-state index is 12.2. The zero-order valence-electron chi connectivity index (χ0n) is 11.7. The first-order valence-corrected chi connectivity index (χ1v) is 8.50. The van der Waals surface area contributed by atoms with Crippen molar-refractivity contribution in [2.75, 3.05) is 26.2 Å². The number of sulfonamides is 1. The van der Waals surface area contributed by atoms with Gasteiger partial charge in [0.05, 0.1) is 24.9 Å². The number of carbonyl (C=O) groups excluding carboxylic acids is 1. The molecule has 0 spiro atoms. The number of nitrogens with one attached hydrogen (secondary N) is 1. The van der Waals surface area contributed by atoms with E-state index in [-0.39, 0.29) is 16.4 Å². The molecule has 0 radical (unpaired) electrons. The molecule has 6 nitrogen and oxygen atoms in total. The molecule has 1 amide bonds. The van der Waals surface area contributed by atoms with Crippen LogP contribution in [0, 0.1) is 6.92 Å². The third kappa shape index (κ3) is 3.80.